The summed E-state index contributed by atoms with van der Waals surface area (Å²) in [5.41, 5.74) is 1.88. The first kappa shape index (κ1) is 17.9. The summed E-state index contributed by atoms with van der Waals surface area (Å²) in [6.07, 6.45) is 0. The molecule has 0 aliphatic heterocycles. The van der Waals surface area contributed by atoms with Gasteiger partial charge in [0.2, 0.25) is 5.75 Å². The van der Waals surface area contributed by atoms with E-state index in [0.29, 0.717) is 5.75 Å². The molecule has 2 aromatic carbocycles. The molecule has 8 heteroatoms. The van der Waals surface area contributed by atoms with Gasteiger partial charge in [-0.3, -0.25) is 0 Å². The molecule has 0 atom stereocenters. The smallest absolute Gasteiger partial charge is 0.339 e. The van der Waals surface area contributed by atoms with E-state index in [9.17, 15) is 8.42 Å². The number of H-pyrrole nitrogens is 1. The molecular weight excluding hydrogens is 358 g/mol. The molecule has 0 spiro atoms. The van der Waals surface area contributed by atoms with Crippen LogP contribution < -0.4 is 18.4 Å². The normalized spacial score (nSPS) is 11.4. The van der Waals surface area contributed by atoms with E-state index in [1.807, 2.05) is 13.0 Å². The second-order valence-corrected chi connectivity index (χ2v) is 7.15. The minimum Gasteiger partial charge on any atom is -0.493 e. The van der Waals surface area contributed by atoms with Crippen LogP contribution in [-0.4, -0.2) is 34.7 Å². The number of aromatic amines is 1. The summed E-state index contributed by atoms with van der Waals surface area (Å²) in [5.74, 6) is 0.972. The first-order valence-corrected chi connectivity index (χ1v) is 9.12. The molecule has 3 rings (SSSR count). The summed E-state index contributed by atoms with van der Waals surface area (Å²) in [4.78, 5) is 3.07. The van der Waals surface area contributed by atoms with Crippen LogP contribution in [0.3, 0.4) is 0 Å². The fourth-order valence-electron chi connectivity index (χ4n) is 2.68. The molecule has 138 valence electrons. The number of methoxy groups -OCH3 is 3. The van der Waals surface area contributed by atoms with Crippen LogP contribution in [0.4, 0.5) is 0 Å². The van der Waals surface area contributed by atoms with E-state index in [4.69, 9.17) is 18.4 Å². The Balaban J connectivity index is 2.01. The van der Waals surface area contributed by atoms with Crippen molar-refractivity contribution in [2.75, 3.05) is 21.3 Å². The molecule has 1 heterocycles. The number of nitrogens with one attached hydrogen (secondary N) is 1. The van der Waals surface area contributed by atoms with Gasteiger partial charge in [0, 0.05) is 28.7 Å². The van der Waals surface area contributed by atoms with Gasteiger partial charge in [-0.05, 0) is 31.2 Å². The zero-order valence-corrected chi connectivity index (χ0v) is 15.6. The molecule has 0 radical (unpaired) electrons. The van der Waals surface area contributed by atoms with Gasteiger partial charge in [0.25, 0.3) is 0 Å². The zero-order valence-electron chi connectivity index (χ0n) is 14.8. The Bertz CT molecular complexity index is 1030. The molecule has 0 saturated heterocycles. The standard InChI is InChI=1S/C18H19NO6S/c1-11-7-12-8-13(5-6-15(12)19-11)25-26(20,21)14-9-16(22-2)18(24-4)17(10-14)23-3/h5-10,19H,1-4H3. The lowest BCUT2D eigenvalue weighted by Crippen LogP contribution is -2.10. The fourth-order valence-corrected chi connectivity index (χ4v) is 3.64. The first-order chi connectivity index (χ1) is 12.4. The minimum atomic E-state index is -4.09. The van der Waals surface area contributed by atoms with Gasteiger partial charge in [-0.1, -0.05) is 0 Å². The van der Waals surface area contributed by atoms with Gasteiger partial charge in [0.15, 0.2) is 11.5 Å². The van der Waals surface area contributed by atoms with E-state index < -0.39 is 10.1 Å². The Morgan fingerprint density at radius 1 is 0.885 bits per heavy atom. The number of hydrogen-bond acceptors (Lipinski definition) is 6. The topological polar surface area (TPSA) is 86.9 Å². The minimum absolute atomic E-state index is 0.0997. The van der Waals surface area contributed by atoms with Crippen molar-refractivity contribution in [1.82, 2.24) is 4.98 Å². The molecule has 0 aliphatic carbocycles. The summed E-state index contributed by atoms with van der Waals surface area (Å²) in [6, 6.07) is 9.59. The highest BCUT2D eigenvalue weighted by molar-refractivity contribution is 7.87. The average molecular weight is 377 g/mol. The van der Waals surface area contributed by atoms with Crippen LogP contribution in [-0.2, 0) is 10.1 Å². The van der Waals surface area contributed by atoms with Crippen LogP contribution in [0.1, 0.15) is 5.69 Å². The fraction of sp³-hybridized carbons (Fsp3) is 0.222. The van der Waals surface area contributed by atoms with Crippen LogP contribution in [0.5, 0.6) is 23.0 Å². The molecular formula is C18H19NO6S. The maximum Gasteiger partial charge on any atom is 0.339 e. The van der Waals surface area contributed by atoms with Gasteiger partial charge < -0.3 is 23.4 Å². The van der Waals surface area contributed by atoms with Gasteiger partial charge in [-0.25, -0.2) is 0 Å². The van der Waals surface area contributed by atoms with Crippen molar-refractivity contribution in [3.8, 4) is 23.0 Å². The van der Waals surface area contributed by atoms with E-state index in [1.165, 1.54) is 33.5 Å². The first-order valence-electron chi connectivity index (χ1n) is 7.72. The molecule has 0 saturated carbocycles. The molecule has 1 N–H and O–H groups in total. The number of rotatable bonds is 6. The molecule has 3 aromatic rings. The molecule has 7 nitrogen and oxygen atoms in total. The third-order valence-corrected chi connectivity index (χ3v) is 5.08. The summed E-state index contributed by atoms with van der Waals surface area (Å²) in [5, 5.41) is 0.861. The highest BCUT2D eigenvalue weighted by Gasteiger charge is 2.23. The molecule has 0 unspecified atom stereocenters. The number of benzene rings is 2. The lowest BCUT2D eigenvalue weighted by Gasteiger charge is -2.14. The van der Waals surface area contributed by atoms with E-state index in [0.717, 1.165) is 16.6 Å². The maximum atomic E-state index is 12.7. The Morgan fingerprint density at radius 2 is 1.54 bits per heavy atom. The van der Waals surface area contributed by atoms with Crippen LogP contribution in [0.15, 0.2) is 41.3 Å². The van der Waals surface area contributed by atoms with Crippen molar-refractivity contribution in [3.05, 3.63) is 42.1 Å². The summed E-state index contributed by atoms with van der Waals surface area (Å²) < 4.78 is 46.3. The predicted octanol–water partition coefficient (Wildman–Crippen LogP) is 3.27. The lowest BCUT2D eigenvalue weighted by atomic mass is 10.2. The Labute approximate surface area is 151 Å². The molecule has 0 aliphatic rings. The summed E-state index contributed by atoms with van der Waals surface area (Å²) in [7, 11) is 0.179. The van der Waals surface area contributed by atoms with Crippen LogP contribution in [0.2, 0.25) is 0 Å². The maximum absolute atomic E-state index is 12.7. The van der Waals surface area contributed by atoms with E-state index >= 15 is 0 Å². The SMILES string of the molecule is COc1cc(S(=O)(=O)Oc2ccc3[nH]c(C)cc3c2)cc(OC)c1OC. The average Bonchev–Trinajstić information content (AvgIpc) is 2.99. The van der Waals surface area contributed by atoms with E-state index in [1.54, 1.807) is 18.2 Å². The lowest BCUT2D eigenvalue weighted by molar-refractivity contribution is 0.322. The highest BCUT2D eigenvalue weighted by atomic mass is 32.2. The number of ether oxygens (including phenoxy) is 3. The number of hydrogen-bond donors (Lipinski definition) is 1. The number of aryl methyl sites for hydroxylation is 1. The number of fused-ring (bicyclic) bond motifs is 1. The van der Waals surface area contributed by atoms with Gasteiger partial charge in [-0.15, -0.1) is 0 Å². The van der Waals surface area contributed by atoms with Gasteiger partial charge >= 0.3 is 10.1 Å². The second kappa shape index (κ2) is 6.80. The van der Waals surface area contributed by atoms with Gasteiger partial charge in [0.1, 0.15) is 10.6 Å². The van der Waals surface area contributed by atoms with Crippen molar-refractivity contribution in [2.24, 2.45) is 0 Å². The molecule has 1 aromatic heterocycles. The Hall–Kier alpha value is -2.87. The zero-order chi connectivity index (χ0) is 18.9. The second-order valence-electron chi connectivity index (χ2n) is 5.60. The van der Waals surface area contributed by atoms with Crippen LogP contribution in [0, 0.1) is 6.92 Å². The Morgan fingerprint density at radius 3 is 2.12 bits per heavy atom. The Kier molecular flexibility index (Phi) is 4.69. The highest BCUT2D eigenvalue weighted by Crippen LogP contribution is 2.40. The monoisotopic (exact) mass is 377 g/mol. The summed E-state index contributed by atoms with van der Waals surface area (Å²) in [6.45, 7) is 1.92. The third-order valence-electron chi connectivity index (χ3n) is 3.86. The number of aromatic nitrogens is 1. The van der Waals surface area contributed by atoms with Crippen LogP contribution >= 0.6 is 0 Å². The molecule has 0 bridgehead atoms. The predicted molar refractivity (Wildman–Crippen MR) is 96.9 cm³/mol. The van der Waals surface area contributed by atoms with Crippen molar-refractivity contribution in [1.29, 1.82) is 0 Å². The third kappa shape index (κ3) is 3.28. The van der Waals surface area contributed by atoms with E-state index in [2.05, 4.69) is 4.98 Å². The van der Waals surface area contributed by atoms with Gasteiger partial charge in [0.05, 0.1) is 21.3 Å². The van der Waals surface area contributed by atoms with Crippen molar-refractivity contribution >= 4 is 21.0 Å². The summed E-state index contributed by atoms with van der Waals surface area (Å²) >= 11 is 0. The van der Waals surface area contributed by atoms with E-state index in [-0.39, 0.29) is 22.1 Å². The molecule has 0 fully saturated rings. The molecule has 26 heavy (non-hydrogen) atoms. The largest absolute Gasteiger partial charge is 0.493 e. The quantitative estimate of drug-likeness (QED) is 0.664. The van der Waals surface area contributed by atoms with Crippen molar-refractivity contribution in [3.63, 3.8) is 0 Å². The molecule has 0 amide bonds. The van der Waals surface area contributed by atoms with Crippen LogP contribution in [0.25, 0.3) is 10.9 Å². The van der Waals surface area contributed by atoms with Crippen molar-refractivity contribution in [2.45, 2.75) is 11.8 Å². The van der Waals surface area contributed by atoms with Gasteiger partial charge in [-0.2, -0.15) is 8.42 Å². The van der Waals surface area contributed by atoms with Crippen molar-refractivity contribution < 1.29 is 26.8 Å².